The number of aromatic nitrogens is 6. The minimum Gasteiger partial charge on any atom is -0.208 e. The smallest absolute Gasteiger partial charge is 0.164 e. The van der Waals surface area contributed by atoms with E-state index >= 15 is 0 Å². The molecule has 1 aliphatic rings. The zero-order valence-electron chi connectivity index (χ0n) is 36.3. The van der Waals surface area contributed by atoms with E-state index in [1.807, 2.05) is 97.1 Å². The fourth-order valence-corrected chi connectivity index (χ4v) is 9.58. The highest BCUT2D eigenvalue weighted by molar-refractivity contribution is 5.94. The zero-order valence-corrected chi connectivity index (χ0v) is 36.3. The third-order valence-corrected chi connectivity index (χ3v) is 12.7. The van der Waals surface area contributed by atoms with Gasteiger partial charge in [-0.2, -0.15) is 0 Å². The second-order valence-corrected chi connectivity index (χ2v) is 16.6. The Hall–Kier alpha value is -9.00. The van der Waals surface area contributed by atoms with Crippen molar-refractivity contribution in [3.8, 4) is 90.6 Å². The van der Waals surface area contributed by atoms with Gasteiger partial charge in [-0.25, -0.2) is 29.9 Å². The summed E-state index contributed by atoms with van der Waals surface area (Å²) in [5.41, 5.74) is 13.9. The van der Waals surface area contributed by atoms with Gasteiger partial charge in [0, 0.05) is 33.4 Å². The van der Waals surface area contributed by atoms with Gasteiger partial charge in [-0.1, -0.05) is 231 Å². The topological polar surface area (TPSA) is 77.3 Å². The van der Waals surface area contributed by atoms with Crippen LogP contribution >= 0.6 is 0 Å². The molecule has 0 atom stereocenters. The summed E-state index contributed by atoms with van der Waals surface area (Å²) in [7, 11) is 0. The van der Waals surface area contributed by atoms with E-state index < -0.39 is 5.41 Å². The second kappa shape index (κ2) is 16.8. The van der Waals surface area contributed by atoms with Gasteiger partial charge in [-0.05, 0) is 56.6 Å². The molecule has 0 aliphatic heterocycles. The maximum absolute atomic E-state index is 5.35. The average Bonchev–Trinajstić information content (AvgIpc) is 3.72. The monoisotopic (exact) mass is 856 g/mol. The molecule has 0 amide bonds. The average molecular weight is 857 g/mol. The number of nitrogens with zero attached hydrogens (tertiary/aromatic N) is 6. The summed E-state index contributed by atoms with van der Waals surface area (Å²) < 4.78 is 0. The third kappa shape index (κ3) is 7.09. The van der Waals surface area contributed by atoms with Crippen molar-refractivity contribution in [2.45, 2.75) is 5.41 Å². The molecule has 0 fully saturated rings. The molecule has 0 unspecified atom stereocenters. The van der Waals surface area contributed by atoms with Gasteiger partial charge < -0.3 is 0 Å². The van der Waals surface area contributed by atoms with Crippen molar-refractivity contribution in [2.75, 3.05) is 0 Å². The van der Waals surface area contributed by atoms with E-state index in [2.05, 4.69) is 146 Å². The van der Waals surface area contributed by atoms with E-state index in [0.717, 1.165) is 55.6 Å². The Morgan fingerprint density at radius 1 is 0.209 bits per heavy atom. The van der Waals surface area contributed by atoms with Gasteiger partial charge in [-0.15, -0.1) is 0 Å². The minimum absolute atomic E-state index is 0.582. The Kier molecular flexibility index (Phi) is 9.95. The van der Waals surface area contributed by atoms with Crippen molar-refractivity contribution in [3.63, 3.8) is 0 Å². The molecule has 0 radical (unpaired) electrons. The lowest BCUT2D eigenvalue weighted by Crippen LogP contribution is -2.28. The van der Waals surface area contributed by atoms with E-state index in [4.69, 9.17) is 29.9 Å². The van der Waals surface area contributed by atoms with Crippen molar-refractivity contribution in [1.82, 2.24) is 29.9 Å². The molecule has 6 nitrogen and oxygen atoms in total. The fraction of sp³-hybridized carbons (Fsp3) is 0.0164. The lowest BCUT2D eigenvalue weighted by molar-refractivity contribution is 0.768. The molecule has 6 heteroatoms. The SMILES string of the molecule is c1ccc(-c2nc(-c3ccccc3)nc(-c3ccc(-c4cc5c(cc4-c4nc(-c6ccccc6)nc(-c6ccccc6)n4)C(c4ccccc4)(c4ccccc4)c4ccccc4-5)cc3)n2)cc1. The number of rotatable bonds is 9. The zero-order chi connectivity index (χ0) is 44.6. The quantitative estimate of drug-likeness (QED) is 0.144. The van der Waals surface area contributed by atoms with E-state index in [1.54, 1.807) is 0 Å². The highest BCUT2D eigenvalue weighted by Crippen LogP contribution is 2.58. The number of benzene rings is 9. The third-order valence-electron chi connectivity index (χ3n) is 12.7. The maximum Gasteiger partial charge on any atom is 0.164 e. The van der Waals surface area contributed by atoms with Crippen LogP contribution in [0.25, 0.3) is 90.6 Å². The van der Waals surface area contributed by atoms with Gasteiger partial charge in [0.05, 0.1) is 5.41 Å². The molecule has 67 heavy (non-hydrogen) atoms. The molecule has 0 saturated carbocycles. The van der Waals surface area contributed by atoms with Crippen LogP contribution in [0.1, 0.15) is 22.3 Å². The van der Waals surface area contributed by atoms with Gasteiger partial charge >= 0.3 is 0 Å². The summed E-state index contributed by atoms with van der Waals surface area (Å²) in [6.45, 7) is 0. The highest BCUT2D eigenvalue weighted by atomic mass is 15.0. The molecule has 2 heterocycles. The molecule has 0 spiro atoms. The van der Waals surface area contributed by atoms with Crippen molar-refractivity contribution < 1.29 is 0 Å². The minimum atomic E-state index is -0.630. The molecule has 9 aromatic carbocycles. The van der Waals surface area contributed by atoms with Crippen LogP contribution in [0.4, 0.5) is 0 Å². The van der Waals surface area contributed by atoms with Crippen molar-refractivity contribution >= 4 is 0 Å². The Bertz CT molecular complexity index is 3380. The normalized spacial score (nSPS) is 12.3. The van der Waals surface area contributed by atoms with E-state index in [1.165, 1.54) is 22.3 Å². The summed E-state index contributed by atoms with van der Waals surface area (Å²) >= 11 is 0. The van der Waals surface area contributed by atoms with E-state index in [9.17, 15) is 0 Å². The molecule has 2 aromatic heterocycles. The molecular weight excluding hydrogens is 817 g/mol. The summed E-state index contributed by atoms with van der Waals surface area (Å²) in [5, 5.41) is 0. The predicted molar refractivity (Wildman–Crippen MR) is 269 cm³/mol. The molecular formula is C61H40N6. The van der Waals surface area contributed by atoms with Gasteiger partial charge in [0.15, 0.2) is 34.9 Å². The molecule has 0 bridgehead atoms. The van der Waals surface area contributed by atoms with Crippen molar-refractivity contribution in [2.24, 2.45) is 0 Å². The fourth-order valence-electron chi connectivity index (χ4n) is 9.58. The maximum atomic E-state index is 5.35. The first-order chi connectivity index (χ1) is 33.2. The van der Waals surface area contributed by atoms with E-state index in [0.29, 0.717) is 34.9 Å². The summed E-state index contributed by atoms with van der Waals surface area (Å²) in [4.78, 5) is 30.8. The van der Waals surface area contributed by atoms with Crippen LogP contribution in [0.15, 0.2) is 243 Å². The van der Waals surface area contributed by atoms with Crippen molar-refractivity contribution in [1.29, 1.82) is 0 Å². The van der Waals surface area contributed by atoms with Gasteiger partial charge in [0.1, 0.15) is 0 Å². The van der Waals surface area contributed by atoms with Crippen LogP contribution in [0.2, 0.25) is 0 Å². The van der Waals surface area contributed by atoms with Crippen LogP contribution in [0.5, 0.6) is 0 Å². The first kappa shape index (κ1) is 39.6. The molecule has 1 aliphatic carbocycles. The van der Waals surface area contributed by atoms with Gasteiger partial charge in [-0.3, -0.25) is 0 Å². The largest absolute Gasteiger partial charge is 0.208 e. The molecule has 314 valence electrons. The summed E-state index contributed by atoms with van der Waals surface area (Å²) in [6, 6.07) is 84.3. The highest BCUT2D eigenvalue weighted by Gasteiger charge is 2.46. The Balaban J connectivity index is 1.11. The lowest BCUT2D eigenvalue weighted by Gasteiger charge is -2.34. The summed E-state index contributed by atoms with van der Waals surface area (Å²) in [5.74, 6) is 3.61. The number of hydrogen-bond acceptors (Lipinski definition) is 6. The lowest BCUT2D eigenvalue weighted by atomic mass is 9.67. The van der Waals surface area contributed by atoms with Crippen LogP contribution in [-0.4, -0.2) is 29.9 Å². The Labute approximate surface area is 389 Å². The van der Waals surface area contributed by atoms with Gasteiger partial charge in [0.25, 0.3) is 0 Å². The van der Waals surface area contributed by atoms with Crippen LogP contribution in [0, 0.1) is 0 Å². The van der Waals surface area contributed by atoms with Crippen LogP contribution < -0.4 is 0 Å². The molecule has 0 N–H and O–H groups in total. The van der Waals surface area contributed by atoms with E-state index in [-0.39, 0.29) is 0 Å². The molecule has 12 rings (SSSR count). The Morgan fingerprint density at radius 2 is 0.537 bits per heavy atom. The van der Waals surface area contributed by atoms with Crippen molar-refractivity contribution in [3.05, 3.63) is 265 Å². The Morgan fingerprint density at radius 3 is 0.955 bits per heavy atom. The first-order valence-corrected chi connectivity index (χ1v) is 22.5. The number of hydrogen-bond donors (Lipinski definition) is 0. The second-order valence-electron chi connectivity index (χ2n) is 16.6. The first-order valence-electron chi connectivity index (χ1n) is 22.5. The summed E-state index contributed by atoms with van der Waals surface area (Å²) in [6.07, 6.45) is 0. The number of fused-ring (bicyclic) bond motifs is 3. The van der Waals surface area contributed by atoms with Crippen LogP contribution in [0.3, 0.4) is 0 Å². The molecule has 11 aromatic rings. The van der Waals surface area contributed by atoms with Gasteiger partial charge in [0.2, 0.25) is 0 Å². The van der Waals surface area contributed by atoms with Crippen LogP contribution in [-0.2, 0) is 5.41 Å². The predicted octanol–water partition coefficient (Wildman–Crippen LogP) is 14.1. The molecule has 0 saturated heterocycles. The standard InChI is InChI=1S/C61H40N6/c1-7-21-42(22-8-1)55-62-56(43-23-9-2-10-24-43)64-59(63-55)46-37-35-41(36-38-46)50-39-51-49-33-19-20-34-53(49)61(47-29-15-5-16-30-47,48-31-17-6-18-32-48)54(51)40-52(50)60-66-57(44-25-11-3-12-26-44)65-58(67-60)45-27-13-4-14-28-45/h1-40H.